The van der Waals surface area contributed by atoms with Gasteiger partial charge in [0.2, 0.25) is 11.8 Å². The largest absolute Gasteiger partial charge is 0.495 e. The number of nitro groups is 1. The Morgan fingerprint density at radius 2 is 1.79 bits per heavy atom. The number of imide groups is 1. The van der Waals surface area contributed by atoms with E-state index >= 15 is 0 Å². The number of aryl methyl sites for hydroxylation is 1. The zero-order valence-corrected chi connectivity index (χ0v) is 18.3. The number of amides is 2. The predicted molar refractivity (Wildman–Crippen MR) is 118 cm³/mol. The Morgan fingerprint density at radius 3 is 2.45 bits per heavy atom. The average molecular weight is 449 g/mol. The van der Waals surface area contributed by atoms with E-state index in [1.807, 2.05) is 24.0 Å². The van der Waals surface area contributed by atoms with Gasteiger partial charge in [0.15, 0.2) is 5.78 Å². The van der Waals surface area contributed by atoms with Crippen LogP contribution in [0.1, 0.15) is 28.8 Å². The van der Waals surface area contributed by atoms with Gasteiger partial charge in [-0.05, 0) is 32.4 Å². The van der Waals surface area contributed by atoms with E-state index in [1.54, 1.807) is 12.1 Å². The minimum atomic E-state index is -0.833. The van der Waals surface area contributed by atoms with Gasteiger partial charge in [-0.2, -0.15) is 0 Å². The Bertz CT molecular complexity index is 1180. The van der Waals surface area contributed by atoms with Crippen molar-refractivity contribution < 1.29 is 24.0 Å². The van der Waals surface area contributed by atoms with Crippen molar-refractivity contribution in [1.29, 1.82) is 0 Å². The summed E-state index contributed by atoms with van der Waals surface area (Å²) in [6.07, 6.45) is 1.56. The number of nitro benzene ring substituents is 1. The molecule has 0 bridgehead atoms. The van der Waals surface area contributed by atoms with Crippen LogP contribution in [0.3, 0.4) is 0 Å². The van der Waals surface area contributed by atoms with Crippen LogP contribution in [0.25, 0.3) is 0 Å². The average Bonchev–Trinajstić information content (AvgIpc) is 3.45. The van der Waals surface area contributed by atoms with Crippen LogP contribution in [-0.2, 0) is 9.59 Å². The van der Waals surface area contributed by atoms with Crippen LogP contribution in [0.4, 0.5) is 11.4 Å². The van der Waals surface area contributed by atoms with Gasteiger partial charge in [0.25, 0.3) is 5.69 Å². The molecule has 9 nitrogen and oxygen atoms in total. The molecule has 0 N–H and O–H groups in total. The number of hydrogen-bond acceptors (Lipinski definition) is 7. The van der Waals surface area contributed by atoms with Crippen LogP contribution in [0.5, 0.6) is 5.75 Å². The molecule has 4 atom stereocenters. The second kappa shape index (κ2) is 7.77. The van der Waals surface area contributed by atoms with Crippen molar-refractivity contribution in [2.45, 2.75) is 31.8 Å². The van der Waals surface area contributed by atoms with Crippen molar-refractivity contribution in [3.05, 3.63) is 63.7 Å². The first-order chi connectivity index (χ1) is 15.8. The first kappa shape index (κ1) is 21.3. The molecule has 5 rings (SSSR count). The Morgan fingerprint density at radius 1 is 1.09 bits per heavy atom. The lowest BCUT2D eigenvalue weighted by molar-refractivity contribution is -0.384. The lowest BCUT2D eigenvalue weighted by Crippen LogP contribution is -2.46. The molecule has 0 radical (unpaired) electrons. The summed E-state index contributed by atoms with van der Waals surface area (Å²) in [7, 11) is 1.37. The summed E-state index contributed by atoms with van der Waals surface area (Å²) in [5.74, 6) is -2.43. The Hall–Kier alpha value is -3.59. The molecule has 170 valence electrons. The van der Waals surface area contributed by atoms with E-state index in [4.69, 9.17) is 4.74 Å². The predicted octanol–water partition coefficient (Wildman–Crippen LogP) is 2.75. The van der Waals surface area contributed by atoms with E-state index in [1.165, 1.54) is 25.3 Å². The number of fused-ring (bicyclic) bond motifs is 3. The number of ketones is 1. The summed E-state index contributed by atoms with van der Waals surface area (Å²) < 4.78 is 5.31. The fourth-order valence-corrected chi connectivity index (χ4v) is 5.61. The minimum Gasteiger partial charge on any atom is -0.495 e. The van der Waals surface area contributed by atoms with Gasteiger partial charge in [-0.25, -0.2) is 4.90 Å². The van der Waals surface area contributed by atoms with Gasteiger partial charge in [-0.3, -0.25) is 29.4 Å². The third-order valence-corrected chi connectivity index (χ3v) is 7.07. The summed E-state index contributed by atoms with van der Waals surface area (Å²) in [5.41, 5.74) is 1.31. The highest BCUT2D eigenvalue weighted by Crippen LogP contribution is 2.50. The molecule has 3 aliphatic rings. The van der Waals surface area contributed by atoms with Crippen molar-refractivity contribution >= 4 is 29.0 Å². The second-order valence-corrected chi connectivity index (χ2v) is 8.80. The van der Waals surface area contributed by atoms with Crippen LogP contribution in [0.2, 0.25) is 0 Å². The van der Waals surface area contributed by atoms with E-state index in [0.29, 0.717) is 12.1 Å². The van der Waals surface area contributed by atoms with Crippen molar-refractivity contribution in [1.82, 2.24) is 4.90 Å². The summed E-state index contributed by atoms with van der Waals surface area (Å²) in [5, 5.41) is 11.3. The number of methoxy groups -OCH3 is 1. The van der Waals surface area contributed by atoms with E-state index in [9.17, 15) is 24.5 Å². The van der Waals surface area contributed by atoms with Crippen molar-refractivity contribution in [2.24, 2.45) is 11.8 Å². The van der Waals surface area contributed by atoms with Crippen molar-refractivity contribution in [2.75, 3.05) is 18.6 Å². The summed E-state index contributed by atoms with van der Waals surface area (Å²) in [6.45, 7) is 2.58. The SMILES string of the molecule is COc1ccc([N+](=O)[O-])cc1N1C(=O)[C@@H]2[C@H](C1=O)[C@@H](C(=O)c1ccc(C)cc1)N1CCC[C@@H]21. The maximum Gasteiger partial charge on any atom is 0.271 e. The summed E-state index contributed by atoms with van der Waals surface area (Å²) in [6, 6.07) is 10.1. The first-order valence-electron chi connectivity index (χ1n) is 10.9. The smallest absolute Gasteiger partial charge is 0.271 e. The zero-order valence-electron chi connectivity index (χ0n) is 18.3. The zero-order chi connectivity index (χ0) is 23.4. The first-order valence-corrected chi connectivity index (χ1v) is 10.9. The molecule has 0 unspecified atom stereocenters. The monoisotopic (exact) mass is 449 g/mol. The highest BCUT2D eigenvalue weighted by molar-refractivity contribution is 6.25. The third kappa shape index (κ3) is 3.14. The molecule has 3 heterocycles. The molecule has 0 spiro atoms. The Kier molecular flexibility index (Phi) is 5.01. The number of Topliss-reactive ketones (excluding diaryl/α,β-unsaturated/α-hetero) is 1. The highest BCUT2D eigenvalue weighted by Gasteiger charge is 2.65. The lowest BCUT2D eigenvalue weighted by atomic mass is 9.85. The summed E-state index contributed by atoms with van der Waals surface area (Å²) in [4.78, 5) is 54.6. The van der Waals surface area contributed by atoms with Gasteiger partial charge in [-0.1, -0.05) is 29.8 Å². The number of carbonyl (C=O) groups is 3. The van der Waals surface area contributed by atoms with Crippen molar-refractivity contribution in [3.63, 3.8) is 0 Å². The van der Waals surface area contributed by atoms with E-state index in [-0.39, 0.29) is 28.9 Å². The number of rotatable bonds is 5. The molecular weight excluding hydrogens is 426 g/mol. The van der Waals surface area contributed by atoms with Gasteiger partial charge in [0.05, 0.1) is 29.9 Å². The van der Waals surface area contributed by atoms with E-state index in [2.05, 4.69) is 0 Å². The number of carbonyl (C=O) groups excluding carboxylic acids is 3. The highest BCUT2D eigenvalue weighted by atomic mass is 16.6. The fraction of sp³-hybridized carbons (Fsp3) is 0.375. The van der Waals surface area contributed by atoms with Gasteiger partial charge in [0.1, 0.15) is 11.4 Å². The van der Waals surface area contributed by atoms with Gasteiger partial charge < -0.3 is 4.74 Å². The lowest BCUT2D eigenvalue weighted by Gasteiger charge is -2.28. The van der Waals surface area contributed by atoms with Gasteiger partial charge in [0, 0.05) is 23.7 Å². The molecule has 33 heavy (non-hydrogen) atoms. The molecule has 9 heteroatoms. The number of nitrogens with zero attached hydrogens (tertiary/aromatic N) is 3. The maximum absolute atomic E-state index is 13.7. The molecule has 3 aliphatic heterocycles. The number of anilines is 1. The molecule has 0 saturated carbocycles. The molecule has 0 aromatic heterocycles. The molecule has 0 aliphatic carbocycles. The van der Waals surface area contributed by atoms with Crippen LogP contribution in [0.15, 0.2) is 42.5 Å². The molecule has 3 saturated heterocycles. The van der Waals surface area contributed by atoms with Gasteiger partial charge in [-0.15, -0.1) is 0 Å². The number of non-ortho nitro benzene ring substituents is 1. The number of ether oxygens (including phenoxy) is 1. The molecule has 2 aromatic carbocycles. The number of benzene rings is 2. The normalized spacial score (nSPS) is 26.4. The van der Waals surface area contributed by atoms with Crippen molar-refractivity contribution in [3.8, 4) is 5.75 Å². The Balaban J connectivity index is 1.58. The second-order valence-electron chi connectivity index (χ2n) is 8.80. The van der Waals surface area contributed by atoms with Crippen LogP contribution in [0, 0.1) is 28.9 Å². The van der Waals surface area contributed by atoms with E-state index in [0.717, 1.165) is 23.3 Å². The number of hydrogen-bond donors (Lipinski definition) is 0. The van der Waals surface area contributed by atoms with Gasteiger partial charge >= 0.3 is 0 Å². The van der Waals surface area contributed by atoms with Crippen LogP contribution in [-0.4, -0.2) is 53.2 Å². The quantitative estimate of drug-likeness (QED) is 0.299. The third-order valence-electron chi connectivity index (χ3n) is 7.07. The van der Waals surface area contributed by atoms with Crippen LogP contribution < -0.4 is 9.64 Å². The topological polar surface area (TPSA) is 110 Å². The molecule has 3 fully saturated rings. The van der Waals surface area contributed by atoms with E-state index < -0.39 is 34.6 Å². The minimum absolute atomic E-state index is 0.0437. The molecular formula is C24H23N3O6. The Labute approximate surface area is 190 Å². The maximum atomic E-state index is 13.7. The summed E-state index contributed by atoms with van der Waals surface area (Å²) >= 11 is 0. The van der Waals surface area contributed by atoms with Crippen LogP contribution >= 0.6 is 0 Å². The fourth-order valence-electron chi connectivity index (χ4n) is 5.61. The molecule has 2 amide bonds. The molecule has 2 aromatic rings. The standard InChI is InChI=1S/C24H23N3O6/c1-13-5-7-14(8-6-13)22(28)21-20-19(16-4-3-11-25(16)21)23(29)26(24(20)30)17-12-15(27(31)32)9-10-18(17)33-2/h5-10,12,16,19-21H,3-4,11H2,1-2H3/t16-,19-,20-,21-/m0/s1.